The van der Waals surface area contributed by atoms with Gasteiger partial charge in [-0.05, 0) is 231 Å². The first kappa shape index (κ1) is 91.9. The number of nitrogens with one attached hydrogen (secondary N) is 5. The maximum Gasteiger partial charge on any atom is 0.310 e. The Bertz CT molecular complexity index is 4590. The van der Waals surface area contributed by atoms with E-state index >= 15 is 0 Å². The average Bonchev–Trinajstić information content (AvgIpc) is 1.58. The molecule has 0 aromatic heterocycles. The molecule has 11 N–H and O–H groups in total. The molecule has 8 atom stereocenters. The molecule has 4 aromatic carbocycles. The van der Waals surface area contributed by atoms with E-state index < -0.39 is 117 Å². The van der Waals surface area contributed by atoms with Crippen molar-refractivity contribution in [3.05, 3.63) is 208 Å². The number of benzene rings is 4. The van der Waals surface area contributed by atoms with Crippen LogP contribution in [0.3, 0.4) is 0 Å². The van der Waals surface area contributed by atoms with Crippen LogP contribution in [0.4, 0.5) is 22.7 Å². The lowest BCUT2D eigenvalue weighted by atomic mass is 9.79. The van der Waals surface area contributed by atoms with Crippen LogP contribution >= 0.6 is 0 Å². The molecule has 20 nitrogen and oxygen atoms in total. The van der Waals surface area contributed by atoms with Crippen molar-refractivity contribution in [1.29, 1.82) is 5.41 Å². The molecule has 0 bridgehead atoms. The van der Waals surface area contributed by atoms with Crippen molar-refractivity contribution in [3.8, 4) is 0 Å². The van der Waals surface area contributed by atoms with E-state index in [-0.39, 0.29) is 115 Å². The number of esters is 4. The Morgan fingerprint density at radius 2 is 0.726 bits per heavy atom. The SMILES string of the molecule is C=C/C=C\C(N)=C(\C(=N)\C=C/C=C(/C=C/C=C(N)/C(=C(N)/C=C\CCc1cc(C(C)(C)C)cc(C(C)(C)C)c1)c1c(NC(=O)[C@@H]2C[C@H]2C(=O)OC(C)(C)C)cccc1NC(=O)[C@@H]1C[C@H]1C(=O)OC(C)(C)C)c1cc(C(C)(C)C)cc(C(C)(C)C)c1)c1c(NC(=O)[C@@H]2C[C@H]2C(=O)OC(C)(C)C)cccc1NC(=O)[C@@H]1C[C@H]1C(=O)OC(C)(C)C. The molecule has 628 valence electrons. The molecule has 4 aromatic rings. The van der Waals surface area contributed by atoms with Gasteiger partial charge in [0.15, 0.2) is 0 Å². The molecule has 0 unspecified atom stereocenters. The molecule has 4 aliphatic rings. The standard InChI is InChI=1S/C97H128N8O12/c1-26-27-37-70(98)78(80-74(102-82(106)62-51-66(62)86(110)114-94(14,15)16)41-32-42-75(80)103-83(107)63-52-67(63)87(111)115-95(17,18)19)72(100)39-30-35-56(57-47-60(92(8,9)10)50-61(48-57)93(11,12)13)36-31-40-73(101)79(71(99)38-29-28-34-55-45-58(90(2,3)4)49-59(46-55)91(5,6)7)81-76(104-84(108)64-53-68(64)88(112)116-96(20,21)22)43-33-44-77(81)105-85(109)65-54-69(65)89(113)117-97(23,24)25/h26-27,29-33,35-50,62-69,100H,1,28,34,51-54,98-99,101H2,2-25H3,(H,102,106)(H,103,107)(H,104,108)(H,105,109)/b36-31+,37-27-,38-29-,39-30-,56-35-,73-40-,78-70+,79-71+,100-72?/t62-,63-,64-,65-,66-,67-,68-,69-/m1/s1. The van der Waals surface area contributed by atoms with Crippen LogP contribution in [-0.2, 0) is 85.4 Å². The van der Waals surface area contributed by atoms with E-state index in [1.54, 1.807) is 156 Å². The van der Waals surface area contributed by atoms with Gasteiger partial charge in [0.2, 0.25) is 23.6 Å². The summed E-state index contributed by atoms with van der Waals surface area (Å²) in [6.45, 7) is 51.0. The fourth-order valence-corrected chi connectivity index (χ4v) is 13.4. The number of aryl methyl sites for hydroxylation is 1. The summed E-state index contributed by atoms with van der Waals surface area (Å²) in [6, 6.07) is 23.1. The third-order valence-electron chi connectivity index (χ3n) is 20.3. The Balaban J connectivity index is 1.30. The molecule has 0 saturated heterocycles. The minimum Gasteiger partial charge on any atom is -0.460 e. The van der Waals surface area contributed by atoms with E-state index in [4.69, 9.17) is 36.1 Å². The Hall–Kier alpha value is -10.6. The summed E-state index contributed by atoms with van der Waals surface area (Å²) in [4.78, 5) is 112. The molecule has 4 fully saturated rings. The second kappa shape index (κ2) is 35.7. The molecule has 0 spiro atoms. The molecule has 0 radical (unpaired) electrons. The summed E-state index contributed by atoms with van der Waals surface area (Å²) in [5.74, 6) is -9.73. The zero-order chi connectivity index (χ0) is 87.4. The monoisotopic (exact) mass is 1600 g/mol. The number of allylic oxidation sites excluding steroid dienone is 14. The zero-order valence-corrected chi connectivity index (χ0v) is 73.5. The number of nitrogens with two attached hydrogens (primary N) is 3. The molecular formula is C97H128N8O12. The van der Waals surface area contributed by atoms with Crippen LogP contribution in [0, 0.1) is 52.8 Å². The van der Waals surface area contributed by atoms with Crippen molar-refractivity contribution < 1.29 is 57.3 Å². The summed E-state index contributed by atoms with van der Waals surface area (Å²) in [5, 5.41) is 22.3. The lowest BCUT2D eigenvalue weighted by Crippen LogP contribution is -2.27. The van der Waals surface area contributed by atoms with Crippen molar-refractivity contribution in [3.63, 3.8) is 0 Å². The molecule has 4 amide bonds. The molecule has 0 heterocycles. The number of anilines is 4. The number of carbonyl (C=O) groups is 8. The zero-order valence-electron chi connectivity index (χ0n) is 73.5. The van der Waals surface area contributed by atoms with Crippen LogP contribution in [0.1, 0.15) is 243 Å². The van der Waals surface area contributed by atoms with E-state index in [0.29, 0.717) is 18.4 Å². The number of carbonyl (C=O) groups excluding carboxylic acids is 8. The number of amides is 4. The van der Waals surface area contributed by atoms with Crippen molar-refractivity contribution in [1.82, 2.24) is 0 Å². The normalized spacial score (nSPS) is 20.4. The molecule has 4 aliphatic carbocycles. The number of hydrogen-bond acceptors (Lipinski definition) is 16. The van der Waals surface area contributed by atoms with Gasteiger partial charge in [0.05, 0.1) is 75.8 Å². The maximum atomic E-state index is 14.6. The first-order valence-electron chi connectivity index (χ1n) is 40.7. The molecule has 20 heteroatoms. The predicted molar refractivity (Wildman–Crippen MR) is 470 cm³/mol. The predicted octanol–water partition coefficient (Wildman–Crippen LogP) is 18.6. The summed E-state index contributed by atoms with van der Waals surface area (Å²) >= 11 is 0. The Kier molecular flexibility index (Phi) is 28.0. The Labute approximate surface area is 694 Å². The van der Waals surface area contributed by atoms with Gasteiger partial charge in [-0.2, -0.15) is 0 Å². The fourth-order valence-electron chi connectivity index (χ4n) is 13.4. The van der Waals surface area contributed by atoms with Crippen LogP contribution < -0.4 is 38.5 Å². The summed E-state index contributed by atoms with van der Waals surface area (Å²) in [5.41, 5.74) is 26.7. The topological polar surface area (TPSA) is 324 Å². The van der Waals surface area contributed by atoms with Gasteiger partial charge < -0.3 is 62.8 Å². The molecule has 8 rings (SSSR count). The Morgan fingerprint density at radius 1 is 0.410 bits per heavy atom. The van der Waals surface area contributed by atoms with Gasteiger partial charge in [-0.3, -0.25) is 38.4 Å². The third-order valence-corrected chi connectivity index (χ3v) is 20.3. The number of hydrogen-bond donors (Lipinski definition) is 8. The van der Waals surface area contributed by atoms with Gasteiger partial charge in [0.1, 0.15) is 22.4 Å². The van der Waals surface area contributed by atoms with Gasteiger partial charge in [-0.1, -0.05) is 181 Å². The highest BCUT2D eigenvalue weighted by molar-refractivity contribution is 6.31. The van der Waals surface area contributed by atoms with Gasteiger partial charge >= 0.3 is 23.9 Å². The van der Waals surface area contributed by atoms with Crippen LogP contribution in [0.25, 0.3) is 16.7 Å². The van der Waals surface area contributed by atoms with Crippen LogP contribution in [0.15, 0.2) is 163 Å². The van der Waals surface area contributed by atoms with Crippen LogP contribution in [0.5, 0.6) is 0 Å². The van der Waals surface area contributed by atoms with E-state index in [1.165, 1.54) is 23.3 Å². The second-order valence-electron chi connectivity index (χ2n) is 39.6. The lowest BCUT2D eigenvalue weighted by Gasteiger charge is -2.26. The number of rotatable bonds is 27. The van der Waals surface area contributed by atoms with Crippen molar-refractivity contribution in [2.24, 2.45) is 64.5 Å². The lowest BCUT2D eigenvalue weighted by molar-refractivity contribution is -0.158. The van der Waals surface area contributed by atoms with Crippen molar-refractivity contribution in [2.45, 2.75) is 249 Å². The quantitative estimate of drug-likeness (QED) is 0.0119. The van der Waals surface area contributed by atoms with Gasteiger partial charge in [0, 0.05) is 39.4 Å². The van der Waals surface area contributed by atoms with Crippen LogP contribution in [-0.4, -0.2) is 75.6 Å². The summed E-state index contributed by atoms with van der Waals surface area (Å²) in [6.07, 6.45) is 20.9. The van der Waals surface area contributed by atoms with Crippen LogP contribution in [0.2, 0.25) is 0 Å². The third kappa shape index (κ3) is 25.9. The molecule has 4 saturated carbocycles. The fraction of sp³-hybridized carbons (Fsp3) is 0.474. The highest BCUT2D eigenvalue weighted by atomic mass is 16.6. The number of ether oxygens (including phenoxy) is 4. The first-order valence-corrected chi connectivity index (χ1v) is 40.7. The van der Waals surface area contributed by atoms with Gasteiger partial charge in [-0.25, -0.2) is 0 Å². The average molecular weight is 1600 g/mol. The minimum atomic E-state index is -0.796. The molecular weight excluding hydrogens is 1470 g/mol. The molecule has 0 aliphatic heterocycles. The highest BCUT2D eigenvalue weighted by Crippen LogP contribution is 2.48. The van der Waals surface area contributed by atoms with Crippen molar-refractivity contribution in [2.75, 3.05) is 21.3 Å². The summed E-state index contributed by atoms with van der Waals surface area (Å²) in [7, 11) is 0. The van der Waals surface area contributed by atoms with E-state index in [1.807, 2.05) is 18.2 Å². The van der Waals surface area contributed by atoms with Gasteiger partial charge in [-0.15, -0.1) is 0 Å². The Morgan fingerprint density at radius 3 is 1.05 bits per heavy atom. The van der Waals surface area contributed by atoms with E-state index in [9.17, 15) is 43.8 Å². The first-order chi connectivity index (χ1) is 53.9. The smallest absolute Gasteiger partial charge is 0.310 e. The minimum absolute atomic E-state index is 0.0488. The van der Waals surface area contributed by atoms with E-state index in [0.717, 1.165) is 22.3 Å². The maximum absolute atomic E-state index is 14.6. The second-order valence-corrected chi connectivity index (χ2v) is 39.6. The van der Waals surface area contributed by atoms with E-state index in [2.05, 4.69) is 147 Å². The van der Waals surface area contributed by atoms with Crippen molar-refractivity contribution >= 4 is 92.7 Å². The summed E-state index contributed by atoms with van der Waals surface area (Å²) < 4.78 is 22.8. The molecule has 117 heavy (non-hydrogen) atoms. The highest BCUT2D eigenvalue weighted by Gasteiger charge is 2.54. The van der Waals surface area contributed by atoms with Gasteiger partial charge in [0.25, 0.3) is 0 Å². The largest absolute Gasteiger partial charge is 0.460 e.